The molecule has 0 amide bonds. The number of sulfonamides is 1. The molecule has 5 rings (SSSR count). The molecule has 0 bridgehead atoms. The summed E-state index contributed by atoms with van der Waals surface area (Å²) in [6, 6.07) is 21.0. The average Bonchev–Trinajstić information content (AvgIpc) is 3.28. The van der Waals surface area contributed by atoms with Gasteiger partial charge in [0.05, 0.1) is 22.2 Å². The fraction of sp³-hybridized carbons (Fsp3) is 0. The quantitative estimate of drug-likeness (QED) is 0.434. The molecule has 2 aromatic carbocycles. The molecule has 3 aromatic heterocycles. The zero-order valence-electron chi connectivity index (χ0n) is 16.1. The monoisotopic (exact) mass is 428 g/mol. The maximum absolute atomic E-state index is 13.0. The van der Waals surface area contributed by atoms with Crippen LogP contribution in [0, 0.1) is 0 Å². The van der Waals surface area contributed by atoms with E-state index in [1.807, 2.05) is 30.3 Å². The van der Waals surface area contributed by atoms with Gasteiger partial charge < -0.3 is 4.42 Å². The second kappa shape index (κ2) is 7.66. The number of hydrogen-bond donors (Lipinski definition) is 1. The lowest BCUT2D eigenvalue weighted by Crippen LogP contribution is -2.14. The summed E-state index contributed by atoms with van der Waals surface area (Å²) < 4.78 is 34.1. The second-order valence-electron chi connectivity index (χ2n) is 6.74. The number of aromatic nitrogens is 3. The third-order valence-corrected chi connectivity index (χ3v) is 6.11. The molecule has 8 heteroatoms. The van der Waals surface area contributed by atoms with E-state index in [9.17, 15) is 8.42 Å². The van der Waals surface area contributed by atoms with Crippen molar-refractivity contribution in [2.45, 2.75) is 4.90 Å². The smallest absolute Gasteiger partial charge is 0.261 e. The summed E-state index contributed by atoms with van der Waals surface area (Å²) in [4.78, 5) is 13.5. The van der Waals surface area contributed by atoms with Gasteiger partial charge >= 0.3 is 0 Å². The third kappa shape index (κ3) is 3.64. The predicted octanol–water partition coefficient (Wildman–Crippen LogP) is 4.75. The largest absolute Gasteiger partial charge is 0.446 e. The third-order valence-electron chi connectivity index (χ3n) is 4.73. The van der Waals surface area contributed by atoms with E-state index in [2.05, 4.69) is 19.7 Å². The lowest BCUT2D eigenvalue weighted by Gasteiger charge is -2.15. The van der Waals surface area contributed by atoms with Crippen LogP contribution >= 0.6 is 0 Å². The van der Waals surface area contributed by atoms with Crippen LogP contribution in [0.15, 0.2) is 101 Å². The normalized spacial score (nSPS) is 11.5. The van der Waals surface area contributed by atoms with Crippen molar-refractivity contribution in [2.75, 3.05) is 4.72 Å². The van der Waals surface area contributed by atoms with E-state index >= 15 is 0 Å². The maximum atomic E-state index is 13.0. The summed E-state index contributed by atoms with van der Waals surface area (Å²) >= 11 is 0. The summed E-state index contributed by atoms with van der Waals surface area (Å²) in [7, 11) is -3.81. The van der Waals surface area contributed by atoms with Crippen molar-refractivity contribution < 1.29 is 12.8 Å². The first kappa shape index (κ1) is 19.0. The topological polar surface area (TPSA) is 98.0 Å². The Morgan fingerprint density at radius 3 is 2.35 bits per heavy atom. The van der Waals surface area contributed by atoms with E-state index in [-0.39, 0.29) is 4.90 Å². The first-order valence-electron chi connectivity index (χ1n) is 9.45. The molecular weight excluding hydrogens is 412 g/mol. The standard InChI is InChI=1S/C23H16N4O3S/c28-31(29,18-9-5-2-6-10-18)27-19-11-13-24-21(20(19)16-7-3-1-4-8-16)22-25-15-17-12-14-30-23(17)26-22/h1-15H,(H,24,27). The number of anilines is 1. The molecule has 0 saturated heterocycles. The van der Waals surface area contributed by atoms with Gasteiger partial charge in [-0.1, -0.05) is 48.5 Å². The fourth-order valence-corrected chi connectivity index (χ4v) is 4.38. The van der Waals surface area contributed by atoms with Crippen LogP contribution in [-0.2, 0) is 10.0 Å². The van der Waals surface area contributed by atoms with Gasteiger partial charge in [0.2, 0.25) is 5.71 Å². The lowest BCUT2D eigenvalue weighted by atomic mass is 10.0. The van der Waals surface area contributed by atoms with Crippen molar-refractivity contribution in [2.24, 2.45) is 0 Å². The van der Waals surface area contributed by atoms with E-state index in [0.29, 0.717) is 28.5 Å². The molecule has 3 heterocycles. The summed E-state index contributed by atoms with van der Waals surface area (Å²) in [5.74, 6) is 0.335. The molecule has 7 nitrogen and oxygen atoms in total. The van der Waals surface area contributed by atoms with E-state index in [1.165, 1.54) is 6.20 Å². The first-order valence-corrected chi connectivity index (χ1v) is 10.9. The molecule has 0 aliphatic carbocycles. The molecule has 0 radical (unpaired) electrons. The molecule has 0 spiro atoms. The van der Waals surface area contributed by atoms with Gasteiger partial charge in [0.1, 0.15) is 5.69 Å². The molecule has 0 atom stereocenters. The highest BCUT2D eigenvalue weighted by molar-refractivity contribution is 7.92. The Morgan fingerprint density at radius 1 is 0.839 bits per heavy atom. The van der Waals surface area contributed by atoms with Crippen molar-refractivity contribution in [1.29, 1.82) is 0 Å². The van der Waals surface area contributed by atoms with Crippen molar-refractivity contribution in [3.05, 3.63) is 91.5 Å². The molecule has 0 aliphatic rings. The number of rotatable bonds is 5. The van der Waals surface area contributed by atoms with Crippen LogP contribution in [0.25, 0.3) is 33.7 Å². The molecule has 31 heavy (non-hydrogen) atoms. The van der Waals surface area contributed by atoms with Gasteiger partial charge in [0.15, 0.2) is 5.82 Å². The summed E-state index contributed by atoms with van der Waals surface area (Å²) in [5, 5.41) is 0.769. The molecule has 5 aromatic rings. The molecule has 0 saturated carbocycles. The van der Waals surface area contributed by atoms with Gasteiger partial charge in [-0.05, 0) is 29.8 Å². The number of fused-ring (bicyclic) bond motifs is 1. The molecule has 152 valence electrons. The highest BCUT2D eigenvalue weighted by Gasteiger charge is 2.21. The Morgan fingerprint density at radius 2 is 1.58 bits per heavy atom. The van der Waals surface area contributed by atoms with Crippen LogP contribution in [0.2, 0.25) is 0 Å². The highest BCUT2D eigenvalue weighted by atomic mass is 32.2. The molecule has 0 unspecified atom stereocenters. The van der Waals surface area contributed by atoms with Gasteiger partial charge in [-0.25, -0.2) is 13.4 Å². The van der Waals surface area contributed by atoms with Crippen molar-refractivity contribution in [3.63, 3.8) is 0 Å². The molecule has 0 aliphatic heterocycles. The van der Waals surface area contributed by atoms with E-state index in [4.69, 9.17) is 4.42 Å². The number of benzene rings is 2. The summed E-state index contributed by atoms with van der Waals surface area (Å²) in [6.07, 6.45) is 4.72. The van der Waals surface area contributed by atoms with Crippen LogP contribution in [-0.4, -0.2) is 23.4 Å². The Balaban J connectivity index is 1.69. The van der Waals surface area contributed by atoms with Crippen LogP contribution in [0.1, 0.15) is 0 Å². The number of hydrogen-bond acceptors (Lipinski definition) is 6. The van der Waals surface area contributed by atoms with Crippen molar-refractivity contribution in [3.8, 4) is 22.6 Å². The van der Waals surface area contributed by atoms with Crippen LogP contribution in [0.5, 0.6) is 0 Å². The molecule has 0 fully saturated rings. The van der Waals surface area contributed by atoms with E-state index in [1.54, 1.807) is 54.9 Å². The minimum Gasteiger partial charge on any atom is -0.446 e. The zero-order valence-corrected chi connectivity index (χ0v) is 17.0. The lowest BCUT2D eigenvalue weighted by molar-refractivity contribution is 0.601. The number of furan rings is 1. The van der Waals surface area contributed by atoms with Gasteiger partial charge in [-0.2, -0.15) is 4.98 Å². The average molecular weight is 428 g/mol. The molecular formula is C23H16N4O3S. The highest BCUT2D eigenvalue weighted by Crippen LogP contribution is 2.36. The second-order valence-corrected chi connectivity index (χ2v) is 8.42. The van der Waals surface area contributed by atoms with Crippen molar-refractivity contribution >= 4 is 26.8 Å². The number of pyridine rings is 1. The Bertz CT molecular complexity index is 1470. The number of nitrogens with one attached hydrogen (secondary N) is 1. The first-order chi connectivity index (χ1) is 15.1. The SMILES string of the molecule is O=S(=O)(Nc1ccnc(-c2ncc3ccoc3n2)c1-c1ccccc1)c1ccccc1. The van der Waals surface area contributed by atoms with Crippen LogP contribution in [0.4, 0.5) is 5.69 Å². The summed E-state index contributed by atoms with van der Waals surface area (Å²) in [5.41, 5.74) is 2.61. The van der Waals surface area contributed by atoms with Gasteiger partial charge in [-0.15, -0.1) is 0 Å². The van der Waals surface area contributed by atoms with Crippen molar-refractivity contribution in [1.82, 2.24) is 15.0 Å². The van der Waals surface area contributed by atoms with Gasteiger partial charge in [0.25, 0.3) is 10.0 Å². The minimum absolute atomic E-state index is 0.167. The summed E-state index contributed by atoms with van der Waals surface area (Å²) in [6.45, 7) is 0. The Kier molecular flexibility index (Phi) is 4.68. The van der Waals surface area contributed by atoms with E-state index in [0.717, 1.165) is 10.9 Å². The zero-order chi connectivity index (χ0) is 21.3. The minimum atomic E-state index is -3.81. The Hall–Kier alpha value is -4.04. The van der Waals surface area contributed by atoms with Gasteiger partial charge in [0, 0.05) is 18.0 Å². The maximum Gasteiger partial charge on any atom is 0.261 e. The Labute approximate surface area is 178 Å². The fourth-order valence-electron chi connectivity index (χ4n) is 3.29. The molecule has 1 N–H and O–H groups in total. The van der Waals surface area contributed by atoms with Crippen LogP contribution in [0.3, 0.4) is 0 Å². The number of nitrogens with zero attached hydrogens (tertiary/aromatic N) is 3. The van der Waals surface area contributed by atoms with Gasteiger partial charge in [-0.3, -0.25) is 9.71 Å². The van der Waals surface area contributed by atoms with Crippen LogP contribution < -0.4 is 4.72 Å². The predicted molar refractivity (Wildman–Crippen MR) is 118 cm³/mol. The van der Waals surface area contributed by atoms with E-state index < -0.39 is 10.0 Å².